The molecule has 4 heteroatoms. The van der Waals surface area contributed by atoms with Crippen LogP contribution in [0.1, 0.15) is 20.3 Å². The van der Waals surface area contributed by atoms with Gasteiger partial charge in [-0.05, 0) is 38.1 Å². The van der Waals surface area contributed by atoms with Gasteiger partial charge in [-0.1, -0.05) is 0 Å². The van der Waals surface area contributed by atoms with Gasteiger partial charge in [-0.15, -0.1) is 12.3 Å². The minimum Gasteiger partial charge on any atom is -0.508 e. The Hall–Kier alpha value is -2.46. The van der Waals surface area contributed by atoms with Crippen LogP contribution >= 0.6 is 0 Å². The molecule has 98 valence electrons. The zero-order valence-electron chi connectivity index (χ0n) is 10.9. The number of phenolic OH excluding ortho intramolecular Hbond substituents is 1. The maximum Gasteiger partial charge on any atom is 0.193 e. The first kappa shape index (κ1) is 14.6. The van der Waals surface area contributed by atoms with Gasteiger partial charge < -0.3 is 9.84 Å². The molecule has 1 aromatic rings. The van der Waals surface area contributed by atoms with Crippen LogP contribution in [0.4, 0.5) is 0 Å². The molecule has 0 bridgehead atoms. The summed E-state index contributed by atoms with van der Waals surface area (Å²) >= 11 is 0. The van der Waals surface area contributed by atoms with Crippen molar-refractivity contribution in [3.05, 3.63) is 24.3 Å². The molecule has 1 N–H and O–H groups in total. The summed E-state index contributed by atoms with van der Waals surface area (Å²) in [6.45, 7) is 3.08. The van der Waals surface area contributed by atoms with E-state index < -0.39 is 11.5 Å². The smallest absolute Gasteiger partial charge is 0.193 e. The summed E-state index contributed by atoms with van der Waals surface area (Å²) in [7, 11) is 0. The predicted molar refractivity (Wildman–Crippen MR) is 70.4 cm³/mol. The number of carbonyl (C=O) groups excluding carboxylic acids is 1. The molecule has 2 atom stereocenters. The molecule has 0 aliphatic rings. The van der Waals surface area contributed by atoms with Crippen molar-refractivity contribution in [2.75, 3.05) is 0 Å². The summed E-state index contributed by atoms with van der Waals surface area (Å²) in [6, 6.07) is 7.95. The topological polar surface area (TPSA) is 70.3 Å². The van der Waals surface area contributed by atoms with Gasteiger partial charge in [-0.25, -0.2) is 0 Å². The Labute approximate surface area is 112 Å². The van der Waals surface area contributed by atoms with Crippen LogP contribution in [0.25, 0.3) is 0 Å². The predicted octanol–water partition coefficient (Wildman–Crippen LogP) is 2.28. The monoisotopic (exact) mass is 257 g/mol. The highest BCUT2D eigenvalue weighted by atomic mass is 16.5. The molecular formula is C15H15NO3. The number of rotatable bonds is 5. The number of nitriles is 1. The SMILES string of the molecule is C#CCC(C)(C#N)C(=O)C(C)Oc1ccc(O)cc1. The average Bonchev–Trinajstić information content (AvgIpc) is 2.40. The van der Waals surface area contributed by atoms with Gasteiger partial charge in [0.25, 0.3) is 0 Å². The fourth-order valence-corrected chi connectivity index (χ4v) is 1.62. The average molecular weight is 257 g/mol. The minimum absolute atomic E-state index is 0.0472. The Morgan fingerprint density at radius 3 is 2.58 bits per heavy atom. The molecule has 0 aliphatic heterocycles. The van der Waals surface area contributed by atoms with Crippen molar-refractivity contribution in [2.24, 2.45) is 5.41 Å². The molecule has 1 aromatic carbocycles. The number of aromatic hydroxyl groups is 1. The number of phenols is 1. The van der Waals surface area contributed by atoms with Crippen molar-refractivity contribution in [3.8, 4) is 29.9 Å². The van der Waals surface area contributed by atoms with Crippen LogP contribution < -0.4 is 4.74 Å². The molecule has 0 aliphatic carbocycles. The van der Waals surface area contributed by atoms with Gasteiger partial charge in [0.05, 0.1) is 6.07 Å². The third-order valence-corrected chi connectivity index (χ3v) is 2.77. The largest absolute Gasteiger partial charge is 0.508 e. The van der Waals surface area contributed by atoms with Crippen LogP contribution in [-0.2, 0) is 4.79 Å². The van der Waals surface area contributed by atoms with Crippen molar-refractivity contribution in [1.82, 2.24) is 0 Å². The molecule has 0 heterocycles. The lowest BCUT2D eigenvalue weighted by atomic mass is 9.82. The van der Waals surface area contributed by atoms with Gasteiger partial charge >= 0.3 is 0 Å². The van der Waals surface area contributed by atoms with Gasteiger partial charge in [-0.2, -0.15) is 5.26 Å². The Balaban J connectivity index is 2.81. The Morgan fingerprint density at radius 1 is 1.53 bits per heavy atom. The van der Waals surface area contributed by atoms with Crippen LogP contribution in [-0.4, -0.2) is 17.0 Å². The van der Waals surface area contributed by atoms with Crippen LogP contribution in [0.5, 0.6) is 11.5 Å². The quantitative estimate of drug-likeness (QED) is 0.821. The van der Waals surface area contributed by atoms with Gasteiger partial charge in [0.2, 0.25) is 0 Å². The number of ether oxygens (including phenoxy) is 1. The van der Waals surface area contributed by atoms with Crippen LogP contribution in [0.2, 0.25) is 0 Å². The van der Waals surface area contributed by atoms with E-state index in [1.165, 1.54) is 19.1 Å². The number of hydrogen-bond acceptors (Lipinski definition) is 4. The summed E-state index contributed by atoms with van der Waals surface area (Å²) in [6.07, 6.45) is 4.43. The lowest BCUT2D eigenvalue weighted by Crippen LogP contribution is -2.37. The third-order valence-electron chi connectivity index (χ3n) is 2.77. The Morgan fingerprint density at radius 2 is 2.11 bits per heavy atom. The molecule has 0 amide bonds. The number of nitrogens with zero attached hydrogens (tertiary/aromatic N) is 1. The van der Waals surface area contributed by atoms with E-state index >= 15 is 0 Å². The van der Waals surface area contributed by atoms with E-state index in [4.69, 9.17) is 21.5 Å². The number of benzene rings is 1. The van der Waals surface area contributed by atoms with Gasteiger partial charge in [0.1, 0.15) is 16.9 Å². The van der Waals surface area contributed by atoms with Crippen LogP contribution in [0, 0.1) is 29.1 Å². The highest BCUT2D eigenvalue weighted by Gasteiger charge is 2.36. The maximum atomic E-state index is 12.2. The maximum absolute atomic E-state index is 12.2. The zero-order valence-corrected chi connectivity index (χ0v) is 10.9. The van der Waals surface area contributed by atoms with Gasteiger partial charge in [-0.3, -0.25) is 4.79 Å². The zero-order chi connectivity index (χ0) is 14.5. The molecule has 0 radical (unpaired) electrons. The van der Waals surface area contributed by atoms with E-state index in [9.17, 15) is 4.79 Å². The van der Waals surface area contributed by atoms with Crippen LogP contribution in [0.15, 0.2) is 24.3 Å². The minimum atomic E-state index is -1.24. The summed E-state index contributed by atoms with van der Waals surface area (Å²) in [5, 5.41) is 18.2. The van der Waals surface area contributed by atoms with Crippen molar-refractivity contribution in [1.29, 1.82) is 5.26 Å². The highest BCUT2D eigenvalue weighted by molar-refractivity contribution is 5.91. The highest BCUT2D eigenvalue weighted by Crippen LogP contribution is 2.25. The molecule has 0 spiro atoms. The van der Waals surface area contributed by atoms with E-state index in [1.54, 1.807) is 19.1 Å². The lowest BCUT2D eigenvalue weighted by molar-refractivity contribution is -0.131. The molecule has 1 rings (SSSR count). The lowest BCUT2D eigenvalue weighted by Gasteiger charge is -2.22. The first-order valence-electron chi connectivity index (χ1n) is 5.77. The van der Waals surface area contributed by atoms with Crippen molar-refractivity contribution >= 4 is 5.78 Å². The molecule has 0 aromatic heterocycles. The van der Waals surface area contributed by atoms with E-state index in [0.717, 1.165) is 0 Å². The summed E-state index contributed by atoms with van der Waals surface area (Å²) in [5.41, 5.74) is -1.24. The summed E-state index contributed by atoms with van der Waals surface area (Å²) < 4.78 is 5.45. The molecule has 0 saturated carbocycles. The van der Waals surface area contributed by atoms with Crippen LogP contribution in [0.3, 0.4) is 0 Å². The number of ketones is 1. The summed E-state index contributed by atoms with van der Waals surface area (Å²) in [5.74, 6) is 2.53. The second kappa shape index (κ2) is 5.93. The molecule has 19 heavy (non-hydrogen) atoms. The van der Waals surface area contributed by atoms with Crippen molar-refractivity contribution in [3.63, 3.8) is 0 Å². The first-order valence-corrected chi connectivity index (χ1v) is 5.77. The molecule has 2 unspecified atom stereocenters. The second-order valence-electron chi connectivity index (χ2n) is 4.44. The Bertz CT molecular complexity index is 536. The normalized spacial score (nSPS) is 14.5. The Kier molecular flexibility index (Phi) is 4.56. The third kappa shape index (κ3) is 3.50. The fraction of sp³-hybridized carbons (Fsp3) is 0.333. The molecule has 4 nitrogen and oxygen atoms in total. The van der Waals surface area contributed by atoms with E-state index in [-0.39, 0.29) is 18.0 Å². The number of hydrogen-bond donors (Lipinski definition) is 1. The van der Waals surface area contributed by atoms with E-state index in [0.29, 0.717) is 5.75 Å². The molecule has 0 fully saturated rings. The number of terminal acetylenes is 1. The molecule has 0 saturated heterocycles. The second-order valence-corrected chi connectivity index (χ2v) is 4.44. The van der Waals surface area contributed by atoms with Gasteiger partial charge in [0, 0.05) is 6.42 Å². The summed E-state index contributed by atoms with van der Waals surface area (Å²) in [4.78, 5) is 12.2. The van der Waals surface area contributed by atoms with Crippen molar-refractivity contribution in [2.45, 2.75) is 26.4 Å². The number of carbonyl (C=O) groups is 1. The molecular weight excluding hydrogens is 242 g/mol. The van der Waals surface area contributed by atoms with Crippen molar-refractivity contribution < 1.29 is 14.6 Å². The standard InChI is InChI=1S/C15H15NO3/c1-4-9-15(3,10-16)14(18)11(2)19-13-7-5-12(17)6-8-13/h1,5-8,11,17H,9H2,2-3H3. The first-order chi connectivity index (χ1) is 8.92. The van der Waals surface area contributed by atoms with Gasteiger partial charge in [0.15, 0.2) is 11.9 Å². The fourth-order valence-electron chi connectivity index (χ4n) is 1.62. The van der Waals surface area contributed by atoms with E-state index in [1.807, 2.05) is 6.07 Å². The van der Waals surface area contributed by atoms with E-state index in [2.05, 4.69) is 5.92 Å². The number of Topliss-reactive ketones (excluding diaryl/α,β-unsaturated/α-hetero) is 1.